The van der Waals surface area contributed by atoms with Crippen molar-refractivity contribution < 1.29 is 0 Å². The Morgan fingerprint density at radius 1 is 1.35 bits per heavy atom. The summed E-state index contributed by atoms with van der Waals surface area (Å²) in [4.78, 5) is 18.4. The van der Waals surface area contributed by atoms with E-state index in [1.165, 1.54) is 18.9 Å². The van der Waals surface area contributed by atoms with Crippen LogP contribution in [0.5, 0.6) is 0 Å². The summed E-state index contributed by atoms with van der Waals surface area (Å²) in [5.41, 5.74) is -0.0407. The van der Waals surface area contributed by atoms with Crippen molar-refractivity contribution in [3.05, 3.63) is 27.4 Å². The first-order valence-corrected chi connectivity index (χ1v) is 6.57. The highest BCUT2D eigenvalue weighted by atomic mass is 35.5. The Morgan fingerprint density at radius 3 is 2.71 bits per heavy atom. The van der Waals surface area contributed by atoms with Gasteiger partial charge in [-0.3, -0.25) is 9.36 Å². The molecule has 1 fully saturated rings. The fraction of sp³-hybridized carbons (Fsp3) is 0.667. The Bertz CT molecular complexity index is 438. The predicted octanol–water partition coefficient (Wildman–Crippen LogP) is 1.55. The van der Waals surface area contributed by atoms with Crippen molar-refractivity contribution in [3.8, 4) is 0 Å². The summed E-state index contributed by atoms with van der Waals surface area (Å²) in [6.45, 7) is 5.93. The molecule has 5 heteroatoms. The van der Waals surface area contributed by atoms with Gasteiger partial charge in [-0.05, 0) is 25.9 Å². The van der Waals surface area contributed by atoms with Crippen LogP contribution in [0.2, 0.25) is 5.15 Å². The molecule has 0 saturated carbocycles. The van der Waals surface area contributed by atoms with Crippen LogP contribution in [0.3, 0.4) is 0 Å². The lowest BCUT2D eigenvalue weighted by Crippen LogP contribution is -2.31. The van der Waals surface area contributed by atoms with Crippen LogP contribution in [0.4, 0.5) is 0 Å². The zero-order valence-electron chi connectivity index (χ0n) is 10.2. The second-order valence-corrected chi connectivity index (χ2v) is 4.77. The van der Waals surface area contributed by atoms with E-state index in [0.717, 1.165) is 31.9 Å². The van der Waals surface area contributed by atoms with Gasteiger partial charge in [-0.1, -0.05) is 18.5 Å². The van der Waals surface area contributed by atoms with Gasteiger partial charge in [0.25, 0.3) is 5.56 Å². The van der Waals surface area contributed by atoms with Crippen LogP contribution in [-0.4, -0.2) is 34.1 Å². The average molecular weight is 256 g/mol. The lowest BCUT2D eigenvalue weighted by molar-refractivity contribution is 0.317. The minimum atomic E-state index is -0.0407. The van der Waals surface area contributed by atoms with E-state index in [1.807, 2.05) is 6.92 Å². The number of hydrogen-bond acceptors (Lipinski definition) is 3. The second kappa shape index (κ2) is 5.65. The highest BCUT2D eigenvalue weighted by molar-refractivity contribution is 6.29. The molecule has 0 unspecified atom stereocenters. The summed E-state index contributed by atoms with van der Waals surface area (Å²) in [5.74, 6) is 0.779. The normalized spacial score (nSPS) is 16.6. The molecule has 1 saturated heterocycles. The first-order valence-electron chi connectivity index (χ1n) is 6.19. The molecule has 94 valence electrons. The molecule has 0 aromatic carbocycles. The van der Waals surface area contributed by atoms with Gasteiger partial charge in [0.05, 0.1) is 0 Å². The molecule has 0 atom stereocenters. The van der Waals surface area contributed by atoms with E-state index in [0.29, 0.717) is 11.7 Å². The van der Waals surface area contributed by atoms with Crippen molar-refractivity contribution in [2.75, 3.05) is 19.6 Å². The minimum absolute atomic E-state index is 0.0407. The number of likely N-dealkylation sites (tertiary alicyclic amines) is 1. The van der Waals surface area contributed by atoms with E-state index in [1.54, 1.807) is 4.57 Å². The summed E-state index contributed by atoms with van der Waals surface area (Å²) < 4.78 is 1.74. The van der Waals surface area contributed by atoms with Crippen LogP contribution >= 0.6 is 11.6 Å². The molecule has 0 N–H and O–H groups in total. The molecule has 0 aliphatic carbocycles. The molecule has 1 aromatic heterocycles. The van der Waals surface area contributed by atoms with E-state index < -0.39 is 0 Å². The Kier molecular flexibility index (Phi) is 4.18. The van der Waals surface area contributed by atoms with Crippen molar-refractivity contribution in [3.63, 3.8) is 0 Å². The summed E-state index contributed by atoms with van der Waals surface area (Å²) in [7, 11) is 0. The molecule has 0 amide bonds. The molecular weight excluding hydrogens is 238 g/mol. The molecule has 2 rings (SSSR count). The first-order chi connectivity index (χ1) is 8.20. The molecule has 2 heterocycles. The van der Waals surface area contributed by atoms with E-state index >= 15 is 0 Å². The van der Waals surface area contributed by atoms with E-state index in [2.05, 4.69) is 9.88 Å². The van der Waals surface area contributed by atoms with Gasteiger partial charge in [0.1, 0.15) is 11.0 Å². The maximum absolute atomic E-state index is 11.8. The van der Waals surface area contributed by atoms with Gasteiger partial charge < -0.3 is 4.90 Å². The third-order valence-corrected chi connectivity index (χ3v) is 3.40. The van der Waals surface area contributed by atoms with Crippen molar-refractivity contribution in [1.29, 1.82) is 0 Å². The maximum atomic E-state index is 11.8. The fourth-order valence-electron chi connectivity index (χ4n) is 2.28. The molecule has 4 nitrogen and oxygen atoms in total. The number of nitrogens with zero attached hydrogens (tertiary/aromatic N) is 3. The maximum Gasteiger partial charge on any atom is 0.255 e. The van der Waals surface area contributed by atoms with E-state index in [4.69, 9.17) is 11.6 Å². The SMILES string of the molecule is CCc1nc(Cl)cc(=O)n1CCN1CCCC1. The van der Waals surface area contributed by atoms with Gasteiger partial charge in [-0.2, -0.15) is 0 Å². The lowest BCUT2D eigenvalue weighted by atomic mass is 10.4. The first kappa shape index (κ1) is 12.6. The summed E-state index contributed by atoms with van der Waals surface area (Å²) in [6, 6.07) is 1.39. The molecule has 1 aromatic rings. The number of hydrogen-bond donors (Lipinski definition) is 0. The highest BCUT2D eigenvalue weighted by Crippen LogP contribution is 2.08. The molecule has 0 radical (unpaired) electrons. The van der Waals surface area contributed by atoms with Gasteiger partial charge in [0, 0.05) is 25.6 Å². The molecule has 1 aliphatic rings. The van der Waals surface area contributed by atoms with Gasteiger partial charge in [-0.15, -0.1) is 0 Å². The van der Waals surface area contributed by atoms with E-state index in [9.17, 15) is 4.79 Å². The average Bonchev–Trinajstić information content (AvgIpc) is 2.79. The Labute approximate surface area is 106 Å². The predicted molar refractivity (Wildman–Crippen MR) is 68.6 cm³/mol. The fourth-order valence-corrected chi connectivity index (χ4v) is 2.47. The van der Waals surface area contributed by atoms with Crippen LogP contribution in [0.1, 0.15) is 25.6 Å². The van der Waals surface area contributed by atoms with E-state index in [-0.39, 0.29) is 5.56 Å². The van der Waals surface area contributed by atoms with Gasteiger partial charge in [0.15, 0.2) is 0 Å². The number of aryl methyl sites for hydroxylation is 1. The van der Waals surface area contributed by atoms with Crippen molar-refractivity contribution >= 4 is 11.6 Å². The molecule has 0 spiro atoms. The highest BCUT2D eigenvalue weighted by Gasteiger charge is 2.12. The largest absolute Gasteiger partial charge is 0.302 e. The zero-order valence-corrected chi connectivity index (χ0v) is 10.9. The van der Waals surface area contributed by atoms with Crippen molar-refractivity contribution in [2.24, 2.45) is 0 Å². The van der Waals surface area contributed by atoms with Crippen molar-refractivity contribution in [2.45, 2.75) is 32.7 Å². The molecule has 0 bridgehead atoms. The minimum Gasteiger partial charge on any atom is -0.302 e. The topological polar surface area (TPSA) is 38.1 Å². The Balaban J connectivity index is 2.11. The second-order valence-electron chi connectivity index (χ2n) is 4.39. The quantitative estimate of drug-likeness (QED) is 0.767. The van der Waals surface area contributed by atoms with Crippen LogP contribution in [0.25, 0.3) is 0 Å². The smallest absolute Gasteiger partial charge is 0.255 e. The summed E-state index contributed by atoms with van der Waals surface area (Å²) >= 11 is 5.79. The van der Waals surface area contributed by atoms with Crippen LogP contribution in [0.15, 0.2) is 10.9 Å². The molecule has 1 aliphatic heterocycles. The number of aromatic nitrogens is 2. The third kappa shape index (κ3) is 3.07. The Hall–Kier alpha value is -0.870. The summed E-state index contributed by atoms with van der Waals surface area (Å²) in [5, 5.41) is 0.296. The molecular formula is C12H18ClN3O. The van der Waals surface area contributed by atoms with Crippen LogP contribution in [-0.2, 0) is 13.0 Å². The number of rotatable bonds is 4. The van der Waals surface area contributed by atoms with Crippen LogP contribution in [0, 0.1) is 0 Å². The standard InChI is InChI=1S/C12H18ClN3O/c1-2-11-14-10(13)9-12(17)16(11)8-7-15-5-3-4-6-15/h9H,2-8H2,1H3. The zero-order chi connectivity index (χ0) is 12.3. The summed E-state index contributed by atoms with van der Waals surface area (Å²) in [6.07, 6.45) is 3.28. The monoisotopic (exact) mass is 255 g/mol. The lowest BCUT2D eigenvalue weighted by Gasteiger charge is -2.17. The van der Waals surface area contributed by atoms with Gasteiger partial charge in [0.2, 0.25) is 0 Å². The van der Waals surface area contributed by atoms with Crippen LogP contribution < -0.4 is 5.56 Å². The number of halogens is 1. The Morgan fingerprint density at radius 2 is 2.06 bits per heavy atom. The van der Waals surface area contributed by atoms with Crippen molar-refractivity contribution in [1.82, 2.24) is 14.5 Å². The van der Waals surface area contributed by atoms with Gasteiger partial charge in [-0.25, -0.2) is 4.98 Å². The van der Waals surface area contributed by atoms with Gasteiger partial charge >= 0.3 is 0 Å². The third-order valence-electron chi connectivity index (χ3n) is 3.21. The molecule has 17 heavy (non-hydrogen) atoms.